The molecule has 0 saturated heterocycles. The van der Waals surface area contributed by atoms with Gasteiger partial charge >= 0.3 is 5.90 Å². The molecule has 0 radical (unpaired) electrons. The van der Waals surface area contributed by atoms with Crippen molar-refractivity contribution in [3.63, 3.8) is 0 Å². The Balaban J connectivity index is 1.74. The SMILES string of the molecule is C[N+]1=C(/C=C2/N(CCC3CCCC3)c3ccc([N+](=O)[O-])cc3C2(C)C)OCC1. The average molecular weight is 385 g/mol. The molecule has 0 aromatic heterocycles. The highest BCUT2D eigenvalue weighted by Crippen LogP contribution is 2.49. The molecule has 1 saturated carbocycles. The van der Waals surface area contributed by atoms with Crippen molar-refractivity contribution in [3.8, 4) is 0 Å². The third-order valence-electron chi connectivity index (χ3n) is 6.64. The summed E-state index contributed by atoms with van der Waals surface area (Å²) in [5, 5.41) is 11.3. The van der Waals surface area contributed by atoms with Crippen LogP contribution in [0.3, 0.4) is 0 Å². The van der Waals surface area contributed by atoms with Crippen LogP contribution in [-0.2, 0) is 10.2 Å². The normalized spacial score (nSPS) is 22.8. The van der Waals surface area contributed by atoms with Gasteiger partial charge < -0.3 is 9.64 Å². The number of hydrogen-bond donors (Lipinski definition) is 0. The van der Waals surface area contributed by atoms with Crippen LogP contribution in [0, 0.1) is 16.0 Å². The number of likely N-dealkylation sites (N-methyl/N-ethyl adjacent to an activating group) is 1. The predicted octanol–water partition coefficient (Wildman–Crippen LogP) is 4.23. The van der Waals surface area contributed by atoms with Gasteiger partial charge in [0.25, 0.3) is 5.69 Å². The van der Waals surface area contributed by atoms with E-state index in [9.17, 15) is 10.1 Å². The van der Waals surface area contributed by atoms with Gasteiger partial charge in [-0.2, -0.15) is 4.58 Å². The van der Waals surface area contributed by atoms with Gasteiger partial charge in [-0.25, -0.2) is 0 Å². The van der Waals surface area contributed by atoms with E-state index in [1.165, 1.54) is 31.4 Å². The standard InChI is InChI=1S/C22H30N3O3/c1-22(2)18-14-17(25(26)27)8-9-19(18)24(11-10-16-6-4-5-7-16)20(22)15-21-23(3)12-13-28-21/h8-9,14-16H,4-7,10-13H2,1-3H3/q+1. The fraction of sp³-hybridized carbons (Fsp3) is 0.591. The van der Waals surface area contributed by atoms with E-state index in [0.717, 1.165) is 42.6 Å². The molecule has 150 valence electrons. The predicted molar refractivity (Wildman–Crippen MR) is 110 cm³/mol. The number of hydrogen-bond acceptors (Lipinski definition) is 4. The minimum atomic E-state index is -0.309. The highest BCUT2D eigenvalue weighted by atomic mass is 16.6. The van der Waals surface area contributed by atoms with Gasteiger partial charge in [-0.1, -0.05) is 39.5 Å². The molecule has 4 rings (SSSR count). The summed E-state index contributed by atoms with van der Waals surface area (Å²) in [6.45, 7) is 6.86. The van der Waals surface area contributed by atoms with Crippen molar-refractivity contribution < 1.29 is 14.2 Å². The number of fused-ring (bicyclic) bond motifs is 1. The number of rotatable bonds is 5. The van der Waals surface area contributed by atoms with Gasteiger partial charge in [0.1, 0.15) is 7.05 Å². The second kappa shape index (κ2) is 7.22. The minimum absolute atomic E-state index is 0.158. The Hall–Kier alpha value is -2.37. The maximum atomic E-state index is 11.3. The van der Waals surface area contributed by atoms with Crippen molar-refractivity contribution in [1.82, 2.24) is 0 Å². The number of non-ortho nitro benzene ring substituents is 1. The van der Waals surface area contributed by atoms with Gasteiger partial charge in [0.2, 0.25) is 0 Å². The van der Waals surface area contributed by atoms with E-state index in [2.05, 4.69) is 29.4 Å². The van der Waals surface area contributed by atoms with Crippen LogP contribution in [0.1, 0.15) is 51.5 Å². The van der Waals surface area contributed by atoms with Crippen LogP contribution in [0.2, 0.25) is 0 Å². The fourth-order valence-corrected chi connectivity index (χ4v) is 4.87. The summed E-state index contributed by atoms with van der Waals surface area (Å²) in [5.41, 5.74) is 3.15. The average Bonchev–Trinajstić information content (AvgIpc) is 3.36. The zero-order chi connectivity index (χ0) is 19.9. The van der Waals surface area contributed by atoms with E-state index in [0.29, 0.717) is 6.61 Å². The Kier molecular flexibility index (Phi) is 4.89. The lowest BCUT2D eigenvalue weighted by atomic mass is 9.83. The molecule has 6 nitrogen and oxygen atoms in total. The van der Waals surface area contributed by atoms with Crippen LogP contribution in [0.4, 0.5) is 11.4 Å². The van der Waals surface area contributed by atoms with Gasteiger partial charge in [-0.3, -0.25) is 10.1 Å². The van der Waals surface area contributed by atoms with E-state index >= 15 is 0 Å². The lowest BCUT2D eigenvalue weighted by Crippen LogP contribution is -2.29. The lowest BCUT2D eigenvalue weighted by Gasteiger charge is -2.27. The summed E-state index contributed by atoms with van der Waals surface area (Å²) in [7, 11) is 2.04. The molecule has 0 amide bonds. The van der Waals surface area contributed by atoms with Crippen molar-refractivity contribution in [2.75, 3.05) is 31.6 Å². The van der Waals surface area contributed by atoms with Crippen LogP contribution < -0.4 is 4.90 Å². The molecule has 2 heterocycles. The number of nitro groups is 1. The smallest absolute Gasteiger partial charge is 0.364 e. The number of allylic oxidation sites excluding steroid dienone is 1. The van der Waals surface area contributed by atoms with Gasteiger partial charge in [-0.05, 0) is 24.0 Å². The summed E-state index contributed by atoms with van der Waals surface area (Å²) in [5.74, 6) is 1.68. The Bertz CT molecular complexity index is 851. The van der Waals surface area contributed by atoms with E-state index in [4.69, 9.17) is 4.74 Å². The topological polar surface area (TPSA) is 58.6 Å². The Labute approximate surface area is 166 Å². The third kappa shape index (κ3) is 3.29. The molecule has 0 bridgehead atoms. The summed E-state index contributed by atoms with van der Waals surface area (Å²) >= 11 is 0. The van der Waals surface area contributed by atoms with Gasteiger partial charge in [0, 0.05) is 35.5 Å². The molecule has 1 aliphatic carbocycles. The molecule has 0 atom stereocenters. The van der Waals surface area contributed by atoms with Crippen LogP contribution in [0.25, 0.3) is 0 Å². The monoisotopic (exact) mass is 384 g/mol. The Morgan fingerprint density at radius 1 is 1.36 bits per heavy atom. The van der Waals surface area contributed by atoms with Gasteiger partial charge in [-0.15, -0.1) is 0 Å². The number of ether oxygens (including phenoxy) is 1. The highest BCUT2D eigenvalue weighted by Gasteiger charge is 2.42. The molecule has 0 N–H and O–H groups in total. The third-order valence-corrected chi connectivity index (χ3v) is 6.64. The summed E-state index contributed by atoms with van der Waals surface area (Å²) in [6, 6.07) is 5.31. The first-order valence-corrected chi connectivity index (χ1v) is 10.4. The Morgan fingerprint density at radius 2 is 2.11 bits per heavy atom. The molecule has 6 heteroatoms. The lowest BCUT2D eigenvalue weighted by molar-refractivity contribution is -0.486. The molecular weight excluding hydrogens is 354 g/mol. The summed E-state index contributed by atoms with van der Waals surface area (Å²) in [4.78, 5) is 13.4. The van der Waals surface area contributed by atoms with Crippen LogP contribution in [0.5, 0.6) is 0 Å². The maximum absolute atomic E-state index is 11.3. The highest BCUT2D eigenvalue weighted by molar-refractivity contribution is 5.88. The zero-order valence-electron chi connectivity index (χ0n) is 17.1. The van der Waals surface area contributed by atoms with Crippen LogP contribution in [-0.4, -0.2) is 42.1 Å². The number of nitrogens with zero attached hydrogens (tertiary/aromatic N) is 3. The fourth-order valence-electron chi connectivity index (χ4n) is 4.87. The van der Waals surface area contributed by atoms with Gasteiger partial charge in [0.15, 0.2) is 13.2 Å². The summed E-state index contributed by atoms with van der Waals surface area (Å²) < 4.78 is 7.97. The largest absolute Gasteiger partial charge is 0.438 e. The first kappa shape index (κ1) is 19.0. The first-order chi connectivity index (χ1) is 13.4. The number of nitro benzene ring substituents is 1. The number of anilines is 1. The van der Waals surface area contributed by atoms with Crippen LogP contribution in [0.15, 0.2) is 30.0 Å². The molecule has 0 spiro atoms. The van der Waals surface area contributed by atoms with E-state index < -0.39 is 0 Å². The maximum Gasteiger partial charge on any atom is 0.364 e. The van der Waals surface area contributed by atoms with Crippen molar-refractivity contribution in [2.24, 2.45) is 5.92 Å². The Morgan fingerprint density at radius 3 is 2.75 bits per heavy atom. The first-order valence-electron chi connectivity index (χ1n) is 10.4. The zero-order valence-corrected chi connectivity index (χ0v) is 17.1. The van der Waals surface area contributed by atoms with Crippen molar-refractivity contribution >= 4 is 17.3 Å². The van der Waals surface area contributed by atoms with Crippen molar-refractivity contribution in [1.29, 1.82) is 0 Å². The van der Waals surface area contributed by atoms with E-state index in [1.807, 2.05) is 13.1 Å². The number of benzene rings is 1. The molecule has 1 fully saturated rings. The van der Waals surface area contributed by atoms with E-state index in [1.54, 1.807) is 12.1 Å². The van der Waals surface area contributed by atoms with Crippen LogP contribution >= 0.6 is 0 Å². The van der Waals surface area contributed by atoms with E-state index in [-0.39, 0.29) is 16.0 Å². The molecule has 3 aliphatic rings. The quantitative estimate of drug-likeness (QED) is 0.433. The minimum Gasteiger partial charge on any atom is -0.438 e. The van der Waals surface area contributed by atoms with Crippen molar-refractivity contribution in [3.05, 3.63) is 45.6 Å². The second-order valence-electron chi connectivity index (χ2n) is 8.81. The van der Waals surface area contributed by atoms with Gasteiger partial charge in [0.05, 0.1) is 11.0 Å². The summed E-state index contributed by atoms with van der Waals surface area (Å²) in [6.07, 6.45) is 8.65. The molecule has 2 aliphatic heterocycles. The molecular formula is C22H30N3O3+. The molecule has 1 aromatic carbocycles. The second-order valence-corrected chi connectivity index (χ2v) is 8.81. The molecule has 28 heavy (non-hydrogen) atoms. The molecule has 1 aromatic rings. The van der Waals surface area contributed by atoms with Crippen molar-refractivity contribution in [2.45, 2.75) is 51.4 Å². The molecule has 0 unspecified atom stereocenters.